The number of hydrogen-bond acceptors (Lipinski definition) is 2. The van der Waals surface area contributed by atoms with Crippen LogP contribution in [-0.4, -0.2) is 12.6 Å². The largest absolute Gasteiger partial charge is 0.462 e. The lowest BCUT2D eigenvalue weighted by Gasteiger charge is -2.13. The van der Waals surface area contributed by atoms with E-state index >= 15 is 0 Å². The molecule has 1 rings (SSSR count). The monoisotopic (exact) mass is 260 g/mol. The smallest absolute Gasteiger partial charge is 0.330 e. The number of benzene rings is 1. The fourth-order valence-corrected chi connectivity index (χ4v) is 1.87. The molecule has 0 saturated carbocycles. The molecule has 0 aliphatic heterocycles. The van der Waals surface area contributed by atoms with Crippen LogP contribution in [-0.2, 0) is 9.53 Å². The zero-order valence-electron chi connectivity index (χ0n) is 12.0. The average Bonchev–Trinajstić information content (AvgIpc) is 2.46. The molecule has 0 unspecified atom stereocenters. The van der Waals surface area contributed by atoms with Gasteiger partial charge in [-0.3, -0.25) is 0 Å². The summed E-state index contributed by atoms with van der Waals surface area (Å²) in [6.45, 7) is 4.86. The average molecular weight is 260 g/mol. The first-order valence-corrected chi connectivity index (χ1v) is 7.16. The van der Waals surface area contributed by atoms with Crippen molar-refractivity contribution in [2.45, 2.75) is 39.5 Å². The molecular formula is C17H24O2. The fraction of sp³-hybridized carbons (Fsp3) is 0.471. The molecule has 104 valence electrons. The number of rotatable bonds is 8. The molecule has 0 saturated heterocycles. The molecule has 0 spiro atoms. The third kappa shape index (κ3) is 6.80. The molecule has 1 aromatic carbocycles. The predicted molar refractivity (Wildman–Crippen MR) is 79.7 cm³/mol. The van der Waals surface area contributed by atoms with Crippen LogP contribution in [0.3, 0.4) is 0 Å². The van der Waals surface area contributed by atoms with Crippen LogP contribution < -0.4 is 0 Å². The maximum absolute atomic E-state index is 11.6. The quantitative estimate of drug-likeness (QED) is 0.509. The first-order valence-electron chi connectivity index (χ1n) is 7.16. The van der Waals surface area contributed by atoms with Gasteiger partial charge < -0.3 is 4.74 Å². The minimum absolute atomic E-state index is 0.251. The Kier molecular flexibility index (Phi) is 7.64. The summed E-state index contributed by atoms with van der Waals surface area (Å²) in [6.07, 6.45) is 7.89. The van der Waals surface area contributed by atoms with E-state index in [0.29, 0.717) is 12.5 Å². The highest BCUT2D eigenvalue weighted by molar-refractivity contribution is 5.87. The molecule has 0 bridgehead atoms. The summed E-state index contributed by atoms with van der Waals surface area (Å²) < 4.78 is 5.29. The Labute approximate surface area is 116 Å². The third-order valence-electron chi connectivity index (χ3n) is 3.22. The number of carbonyl (C=O) groups excluding carboxylic acids is 1. The summed E-state index contributed by atoms with van der Waals surface area (Å²) >= 11 is 0. The minimum Gasteiger partial charge on any atom is -0.462 e. The first kappa shape index (κ1) is 15.5. The second-order valence-electron chi connectivity index (χ2n) is 4.79. The van der Waals surface area contributed by atoms with E-state index in [1.807, 2.05) is 30.3 Å². The van der Waals surface area contributed by atoms with Crippen LogP contribution >= 0.6 is 0 Å². The molecule has 2 heteroatoms. The van der Waals surface area contributed by atoms with E-state index in [1.54, 1.807) is 6.08 Å². The number of ether oxygens (including phenoxy) is 1. The first-order chi connectivity index (χ1) is 9.26. The Balaban J connectivity index is 2.32. The number of hydrogen-bond donors (Lipinski definition) is 0. The lowest BCUT2D eigenvalue weighted by molar-refractivity contribution is -0.139. The lowest BCUT2D eigenvalue weighted by atomic mass is 10.0. The maximum atomic E-state index is 11.6. The second-order valence-corrected chi connectivity index (χ2v) is 4.79. The van der Waals surface area contributed by atoms with Gasteiger partial charge in [0.2, 0.25) is 0 Å². The van der Waals surface area contributed by atoms with E-state index in [9.17, 15) is 4.79 Å². The van der Waals surface area contributed by atoms with Crippen molar-refractivity contribution in [1.82, 2.24) is 0 Å². The van der Waals surface area contributed by atoms with Crippen molar-refractivity contribution in [3.05, 3.63) is 42.0 Å². The zero-order chi connectivity index (χ0) is 13.9. The fourth-order valence-electron chi connectivity index (χ4n) is 1.87. The van der Waals surface area contributed by atoms with Crippen LogP contribution in [0, 0.1) is 5.92 Å². The highest BCUT2D eigenvalue weighted by Crippen LogP contribution is 2.13. The maximum Gasteiger partial charge on any atom is 0.330 e. The standard InChI is InChI=1S/C17H24O2/c1-3-5-9-15(4-2)14-19-17(18)13-12-16-10-7-6-8-11-16/h6-8,10-13,15H,3-5,9,14H2,1-2H3/t15-/m0/s1. The van der Waals surface area contributed by atoms with E-state index in [-0.39, 0.29) is 5.97 Å². The Morgan fingerprint density at radius 3 is 2.63 bits per heavy atom. The van der Waals surface area contributed by atoms with Crippen LogP contribution in [0.1, 0.15) is 45.1 Å². The highest BCUT2D eigenvalue weighted by atomic mass is 16.5. The zero-order valence-corrected chi connectivity index (χ0v) is 12.0. The molecule has 0 N–H and O–H groups in total. The summed E-state index contributed by atoms with van der Waals surface area (Å²) in [5.41, 5.74) is 1.01. The number of carbonyl (C=O) groups is 1. The van der Waals surface area contributed by atoms with E-state index in [4.69, 9.17) is 4.74 Å². The van der Waals surface area contributed by atoms with Crippen molar-refractivity contribution in [2.75, 3.05) is 6.61 Å². The molecule has 19 heavy (non-hydrogen) atoms. The predicted octanol–water partition coefficient (Wildman–Crippen LogP) is 4.46. The Morgan fingerprint density at radius 2 is 2.00 bits per heavy atom. The van der Waals surface area contributed by atoms with Gasteiger partial charge in [0.25, 0.3) is 0 Å². The van der Waals surface area contributed by atoms with Crippen molar-refractivity contribution in [1.29, 1.82) is 0 Å². The van der Waals surface area contributed by atoms with Crippen molar-refractivity contribution < 1.29 is 9.53 Å². The van der Waals surface area contributed by atoms with E-state index in [1.165, 1.54) is 18.9 Å². The van der Waals surface area contributed by atoms with Gasteiger partial charge in [0, 0.05) is 6.08 Å². The number of unbranched alkanes of at least 4 members (excludes halogenated alkanes) is 1. The van der Waals surface area contributed by atoms with Crippen LogP contribution in [0.2, 0.25) is 0 Å². The highest BCUT2D eigenvalue weighted by Gasteiger charge is 2.08. The Bertz CT molecular complexity index is 382. The third-order valence-corrected chi connectivity index (χ3v) is 3.22. The molecule has 0 fully saturated rings. The second kappa shape index (κ2) is 9.37. The summed E-state index contributed by atoms with van der Waals surface area (Å²) in [7, 11) is 0. The van der Waals surface area contributed by atoms with Crippen LogP contribution in [0.25, 0.3) is 6.08 Å². The number of esters is 1. The van der Waals surface area contributed by atoms with Gasteiger partial charge in [0.1, 0.15) is 0 Å². The van der Waals surface area contributed by atoms with Gasteiger partial charge in [-0.2, -0.15) is 0 Å². The van der Waals surface area contributed by atoms with Crippen LogP contribution in [0.4, 0.5) is 0 Å². The molecule has 0 heterocycles. The van der Waals surface area contributed by atoms with Crippen LogP contribution in [0.15, 0.2) is 36.4 Å². The van der Waals surface area contributed by atoms with Gasteiger partial charge in [-0.1, -0.05) is 63.4 Å². The normalized spacial score (nSPS) is 12.5. The SMILES string of the molecule is CCCC[C@H](CC)COC(=O)C=Cc1ccccc1. The van der Waals surface area contributed by atoms with Gasteiger partial charge >= 0.3 is 5.97 Å². The van der Waals surface area contributed by atoms with Gasteiger partial charge in [-0.05, 0) is 24.0 Å². The molecule has 2 nitrogen and oxygen atoms in total. The van der Waals surface area contributed by atoms with Gasteiger partial charge in [-0.25, -0.2) is 4.79 Å². The van der Waals surface area contributed by atoms with E-state index < -0.39 is 0 Å². The molecule has 0 radical (unpaired) electrons. The molecule has 1 aromatic rings. The van der Waals surface area contributed by atoms with Gasteiger partial charge in [-0.15, -0.1) is 0 Å². The molecule has 0 aliphatic carbocycles. The Hall–Kier alpha value is -1.57. The van der Waals surface area contributed by atoms with Gasteiger partial charge in [0.15, 0.2) is 0 Å². The van der Waals surface area contributed by atoms with Crippen molar-refractivity contribution in [3.63, 3.8) is 0 Å². The van der Waals surface area contributed by atoms with Crippen molar-refractivity contribution in [3.8, 4) is 0 Å². The van der Waals surface area contributed by atoms with Gasteiger partial charge in [0.05, 0.1) is 6.61 Å². The summed E-state index contributed by atoms with van der Waals surface area (Å²) in [6, 6.07) is 9.76. The molecule has 1 atom stereocenters. The Morgan fingerprint density at radius 1 is 1.26 bits per heavy atom. The molecule has 0 amide bonds. The lowest BCUT2D eigenvalue weighted by Crippen LogP contribution is -2.12. The van der Waals surface area contributed by atoms with Crippen molar-refractivity contribution in [2.24, 2.45) is 5.92 Å². The summed E-state index contributed by atoms with van der Waals surface area (Å²) in [4.78, 5) is 11.6. The molecule has 0 aliphatic rings. The molecule has 0 aromatic heterocycles. The van der Waals surface area contributed by atoms with Crippen molar-refractivity contribution >= 4 is 12.0 Å². The van der Waals surface area contributed by atoms with E-state index in [2.05, 4.69) is 13.8 Å². The minimum atomic E-state index is -0.251. The van der Waals surface area contributed by atoms with E-state index in [0.717, 1.165) is 18.4 Å². The summed E-state index contributed by atoms with van der Waals surface area (Å²) in [5.74, 6) is 0.243. The summed E-state index contributed by atoms with van der Waals surface area (Å²) in [5, 5.41) is 0. The topological polar surface area (TPSA) is 26.3 Å². The van der Waals surface area contributed by atoms with Crippen LogP contribution in [0.5, 0.6) is 0 Å². The molecular weight excluding hydrogens is 236 g/mol.